The van der Waals surface area contributed by atoms with Crippen LogP contribution >= 0.6 is 23.2 Å². The molecule has 0 saturated carbocycles. The molecule has 1 aliphatic rings. The molecule has 21 heavy (non-hydrogen) atoms. The van der Waals surface area contributed by atoms with Gasteiger partial charge in [0.2, 0.25) is 5.91 Å². The Kier molecular flexibility index (Phi) is 5.53. The zero-order valence-corrected chi connectivity index (χ0v) is 14.3. The van der Waals surface area contributed by atoms with E-state index in [-0.39, 0.29) is 5.91 Å². The van der Waals surface area contributed by atoms with Gasteiger partial charge in [-0.2, -0.15) is 0 Å². The fourth-order valence-electron chi connectivity index (χ4n) is 3.07. The number of anilines is 1. The van der Waals surface area contributed by atoms with Crippen LogP contribution in [0.15, 0.2) is 12.1 Å². The SMILES string of the molecule is Cc1ccc(Cl)c(NC(=O)CN2C[C@H](C)C[C@@H](C)C2)c1Cl. The number of halogens is 2. The molecule has 116 valence electrons. The molecule has 0 aliphatic carbocycles. The summed E-state index contributed by atoms with van der Waals surface area (Å²) in [4.78, 5) is 14.4. The third-order valence-corrected chi connectivity index (χ3v) is 4.66. The van der Waals surface area contributed by atoms with Gasteiger partial charge in [0, 0.05) is 13.1 Å². The number of rotatable bonds is 3. The van der Waals surface area contributed by atoms with Gasteiger partial charge in [-0.3, -0.25) is 9.69 Å². The minimum absolute atomic E-state index is 0.0642. The zero-order chi connectivity index (χ0) is 15.6. The molecule has 1 fully saturated rings. The second-order valence-electron chi connectivity index (χ2n) is 6.24. The van der Waals surface area contributed by atoms with E-state index < -0.39 is 0 Å². The average Bonchev–Trinajstić information content (AvgIpc) is 2.38. The average molecular weight is 329 g/mol. The molecule has 2 rings (SSSR count). The van der Waals surface area contributed by atoms with Crippen LogP contribution in [0.25, 0.3) is 0 Å². The maximum Gasteiger partial charge on any atom is 0.238 e. The molecule has 0 unspecified atom stereocenters. The molecule has 0 aromatic heterocycles. The van der Waals surface area contributed by atoms with Crippen molar-refractivity contribution < 1.29 is 4.79 Å². The summed E-state index contributed by atoms with van der Waals surface area (Å²) in [6, 6.07) is 3.59. The van der Waals surface area contributed by atoms with Gasteiger partial charge in [-0.25, -0.2) is 0 Å². The molecule has 1 aromatic rings. The molecule has 3 nitrogen and oxygen atoms in total. The highest BCUT2D eigenvalue weighted by atomic mass is 35.5. The van der Waals surface area contributed by atoms with E-state index in [1.165, 1.54) is 6.42 Å². The van der Waals surface area contributed by atoms with E-state index in [2.05, 4.69) is 24.1 Å². The number of nitrogens with zero attached hydrogens (tertiary/aromatic N) is 1. The van der Waals surface area contributed by atoms with E-state index in [0.29, 0.717) is 34.1 Å². The number of benzene rings is 1. The van der Waals surface area contributed by atoms with E-state index in [9.17, 15) is 4.79 Å². The summed E-state index contributed by atoms with van der Waals surface area (Å²) in [6.07, 6.45) is 1.23. The van der Waals surface area contributed by atoms with Crippen LogP contribution in [0.5, 0.6) is 0 Å². The number of carbonyl (C=O) groups is 1. The van der Waals surface area contributed by atoms with Crippen molar-refractivity contribution in [1.82, 2.24) is 4.90 Å². The van der Waals surface area contributed by atoms with Gasteiger partial charge in [0.1, 0.15) is 0 Å². The number of likely N-dealkylation sites (tertiary alicyclic amines) is 1. The third-order valence-electron chi connectivity index (χ3n) is 3.86. The molecule has 1 saturated heterocycles. The number of aryl methyl sites for hydroxylation is 1. The monoisotopic (exact) mass is 328 g/mol. The van der Waals surface area contributed by atoms with Gasteiger partial charge in [0.05, 0.1) is 22.3 Å². The summed E-state index contributed by atoms with van der Waals surface area (Å²) in [7, 11) is 0. The standard InChI is InChI=1S/C16H22Cl2N2O/c1-10-6-11(2)8-20(7-10)9-14(21)19-16-13(17)5-4-12(3)15(16)18/h4-5,10-11H,6-9H2,1-3H3,(H,19,21)/t10-,11-/m1/s1. The molecular formula is C16H22Cl2N2O. The predicted molar refractivity (Wildman–Crippen MR) is 89.2 cm³/mol. The summed E-state index contributed by atoms with van der Waals surface area (Å²) >= 11 is 12.3. The first-order valence-electron chi connectivity index (χ1n) is 7.33. The Labute approximate surface area is 136 Å². The van der Waals surface area contributed by atoms with Crippen molar-refractivity contribution in [1.29, 1.82) is 0 Å². The highest BCUT2D eigenvalue weighted by Crippen LogP contribution is 2.32. The van der Waals surface area contributed by atoms with Crippen molar-refractivity contribution in [2.75, 3.05) is 25.0 Å². The largest absolute Gasteiger partial charge is 0.322 e. The van der Waals surface area contributed by atoms with Gasteiger partial charge in [-0.15, -0.1) is 0 Å². The van der Waals surface area contributed by atoms with Crippen LogP contribution in [-0.4, -0.2) is 30.4 Å². The molecule has 1 heterocycles. The van der Waals surface area contributed by atoms with Crippen LogP contribution in [0.4, 0.5) is 5.69 Å². The molecule has 5 heteroatoms. The second kappa shape index (κ2) is 6.99. The second-order valence-corrected chi connectivity index (χ2v) is 7.03. The smallest absolute Gasteiger partial charge is 0.238 e. The Bertz CT molecular complexity index is 523. The lowest BCUT2D eigenvalue weighted by molar-refractivity contribution is -0.117. The molecule has 1 N–H and O–H groups in total. The fourth-order valence-corrected chi connectivity index (χ4v) is 3.54. The number of piperidine rings is 1. The molecule has 0 spiro atoms. The van der Waals surface area contributed by atoms with Gasteiger partial charge < -0.3 is 5.32 Å². The van der Waals surface area contributed by atoms with Crippen molar-refractivity contribution in [2.45, 2.75) is 27.2 Å². The Morgan fingerprint density at radius 3 is 2.52 bits per heavy atom. The summed E-state index contributed by atoms with van der Waals surface area (Å²) in [5, 5.41) is 3.83. The van der Waals surface area contributed by atoms with Crippen LogP contribution in [0.3, 0.4) is 0 Å². The summed E-state index contributed by atoms with van der Waals surface area (Å²) < 4.78 is 0. The van der Waals surface area contributed by atoms with Crippen LogP contribution in [-0.2, 0) is 4.79 Å². The Morgan fingerprint density at radius 2 is 1.90 bits per heavy atom. The van der Waals surface area contributed by atoms with Crippen LogP contribution < -0.4 is 5.32 Å². The Hall–Kier alpha value is -0.770. The Balaban J connectivity index is 2.01. The summed E-state index contributed by atoms with van der Waals surface area (Å²) in [5.41, 5.74) is 1.41. The number of carbonyl (C=O) groups excluding carboxylic acids is 1. The first kappa shape index (κ1) is 16.6. The molecule has 1 amide bonds. The van der Waals surface area contributed by atoms with Gasteiger partial charge >= 0.3 is 0 Å². The zero-order valence-electron chi connectivity index (χ0n) is 12.7. The molecule has 0 bridgehead atoms. The van der Waals surface area contributed by atoms with Crippen LogP contribution in [0, 0.1) is 18.8 Å². The molecule has 1 aliphatic heterocycles. The normalized spacial score (nSPS) is 23.1. The lowest BCUT2D eigenvalue weighted by atomic mass is 9.92. The number of nitrogens with one attached hydrogen (secondary N) is 1. The maximum atomic E-state index is 12.2. The van der Waals surface area contributed by atoms with E-state index in [4.69, 9.17) is 23.2 Å². The fraction of sp³-hybridized carbons (Fsp3) is 0.562. The minimum Gasteiger partial charge on any atom is -0.322 e. The number of hydrogen-bond donors (Lipinski definition) is 1. The quantitative estimate of drug-likeness (QED) is 0.900. The maximum absolute atomic E-state index is 12.2. The van der Waals surface area contributed by atoms with E-state index in [1.54, 1.807) is 6.07 Å². The van der Waals surface area contributed by atoms with Crippen molar-refractivity contribution in [3.63, 3.8) is 0 Å². The van der Waals surface area contributed by atoms with Gasteiger partial charge in [-0.05, 0) is 36.8 Å². The highest BCUT2D eigenvalue weighted by Gasteiger charge is 2.23. The van der Waals surface area contributed by atoms with Crippen molar-refractivity contribution in [3.05, 3.63) is 27.7 Å². The lowest BCUT2D eigenvalue weighted by Gasteiger charge is -2.34. The molecular weight excluding hydrogens is 307 g/mol. The van der Waals surface area contributed by atoms with Gasteiger partial charge in [0.25, 0.3) is 0 Å². The topological polar surface area (TPSA) is 32.3 Å². The Morgan fingerprint density at radius 1 is 1.29 bits per heavy atom. The first-order chi connectivity index (χ1) is 9.86. The van der Waals surface area contributed by atoms with Crippen LogP contribution in [0.1, 0.15) is 25.8 Å². The molecule has 0 radical (unpaired) electrons. The third kappa shape index (κ3) is 4.35. The van der Waals surface area contributed by atoms with Crippen molar-refractivity contribution in [2.24, 2.45) is 11.8 Å². The van der Waals surface area contributed by atoms with Gasteiger partial charge in [-0.1, -0.05) is 43.1 Å². The van der Waals surface area contributed by atoms with E-state index >= 15 is 0 Å². The predicted octanol–water partition coefficient (Wildman–Crippen LogP) is 4.22. The lowest BCUT2D eigenvalue weighted by Crippen LogP contribution is -2.42. The number of hydrogen-bond acceptors (Lipinski definition) is 2. The van der Waals surface area contributed by atoms with Gasteiger partial charge in [0.15, 0.2) is 0 Å². The number of amides is 1. The van der Waals surface area contributed by atoms with Crippen molar-refractivity contribution in [3.8, 4) is 0 Å². The highest BCUT2D eigenvalue weighted by molar-refractivity contribution is 6.40. The summed E-state index contributed by atoms with van der Waals surface area (Å²) in [6.45, 7) is 8.67. The van der Waals surface area contributed by atoms with E-state index in [0.717, 1.165) is 18.7 Å². The molecule has 1 aromatic carbocycles. The van der Waals surface area contributed by atoms with Crippen molar-refractivity contribution >= 4 is 34.8 Å². The van der Waals surface area contributed by atoms with E-state index in [1.807, 2.05) is 13.0 Å². The first-order valence-corrected chi connectivity index (χ1v) is 8.09. The molecule has 2 atom stereocenters. The van der Waals surface area contributed by atoms with Crippen LogP contribution in [0.2, 0.25) is 10.0 Å². The minimum atomic E-state index is -0.0642. The summed E-state index contributed by atoms with van der Waals surface area (Å²) in [5.74, 6) is 1.20.